The third-order valence-corrected chi connectivity index (χ3v) is 5.67. The summed E-state index contributed by atoms with van der Waals surface area (Å²) in [5.74, 6) is 2.62. The van der Waals surface area contributed by atoms with E-state index in [2.05, 4.69) is 24.0 Å². The Kier molecular flexibility index (Phi) is 6.56. The molecule has 1 aromatic heterocycles. The molecule has 1 aromatic carbocycles. The van der Waals surface area contributed by atoms with Gasteiger partial charge in [0.05, 0.1) is 12.1 Å². The maximum Gasteiger partial charge on any atom is 0.254 e. The maximum absolute atomic E-state index is 12.8. The minimum atomic E-state index is 0.133. The number of hydrogen-bond donors (Lipinski definition) is 0. The average molecular weight is 371 g/mol. The summed E-state index contributed by atoms with van der Waals surface area (Å²) in [7, 11) is 1.69. The fourth-order valence-corrected chi connectivity index (χ4v) is 4.03. The number of amides is 1. The van der Waals surface area contributed by atoms with Gasteiger partial charge in [-0.3, -0.25) is 4.79 Å². The van der Waals surface area contributed by atoms with Crippen molar-refractivity contribution < 1.29 is 9.53 Å². The summed E-state index contributed by atoms with van der Waals surface area (Å²) in [6.45, 7) is 3.75. The van der Waals surface area contributed by atoms with Crippen LogP contribution in [-0.2, 0) is 6.42 Å². The largest absolute Gasteiger partial charge is 0.497 e. The molecule has 0 N–H and O–H groups in total. The van der Waals surface area contributed by atoms with Crippen LogP contribution >= 0.6 is 11.8 Å². The van der Waals surface area contributed by atoms with Gasteiger partial charge in [-0.2, -0.15) is 0 Å². The van der Waals surface area contributed by atoms with Gasteiger partial charge in [-0.15, -0.1) is 11.8 Å². The smallest absolute Gasteiger partial charge is 0.254 e. The van der Waals surface area contributed by atoms with Gasteiger partial charge in [-0.05, 0) is 60.8 Å². The highest BCUT2D eigenvalue weighted by molar-refractivity contribution is 7.99. The molecule has 1 saturated heterocycles. The Morgan fingerprint density at radius 2 is 1.96 bits per heavy atom. The van der Waals surface area contributed by atoms with Gasteiger partial charge in [0.1, 0.15) is 5.75 Å². The van der Waals surface area contributed by atoms with E-state index >= 15 is 0 Å². The number of thioether (sulfide) groups is 1. The molecule has 2 aromatic rings. The third kappa shape index (κ3) is 4.79. The number of rotatable bonds is 6. The number of piperidine rings is 1. The number of benzene rings is 1. The zero-order valence-corrected chi connectivity index (χ0v) is 16.3. The third-order valence-electron chi connectivity index (χ3n) is 4.86. The number of carbonyl (C=O) groups excluding carboxylic acids is 1. The second kappa shape index (κ2) is 9.08. The summed E-state index contributed by atoms with van der Waals surface area (Å²) in [4.78, 5) is 19.1. The van der Waals surface area contributed by atoms with Crippen LogP contribution in [0.5, 0.6) is 5.75 Å². The second-order valence-electron chi connectivity index (χ2n) is 6.60. The van der Waals surface area contributed by atoms with E-state index in [0.29, 0.717) is 5.92 Å². The zero-order valence-electron chi connectivity index (χ0n) is 15.5. The fraction of sp³-hybridized carbons (Fsp3) is 0.429. The molecule has 0 aliphatic carbocycles. The molecule has 0 atom stereocenters. The van der Waals surface area contributed by atoms with Crippen molar-refractivity contribution in [3.8, 4) is 5.75 Å². The van der Waals surface area contributed by atoms with E-state index in [-0.39, 0.29) is 5.91 Å². The standard InChI is InChI=1S/C21H26N2O2S/c1-3-26-20-15-18(8-11-22-20)21(24)23-12-9-17(10-13-23)14-16-4-6-19(25-2)7-5-16/h4-8,11,15,17H,3,9-10,12-14H2,1-2H3. The summed E-state index contributed by atoms with van der Waals surface area (Å²) in [6, 6.07) is 12.1. The molecule has 0 spiro atoms. The molecule has 3 rings (SSSR count). The molecule has 26 heavy (non-hydrogen) atoms. The van der Waals surface area contributed by atoms with Crippen molar-refractivity contribution >= 4 is 17.7 Å². The molecule has 2 heterocycles. The first-order valence-electron chi connectivity index (χ1n) is 9.20. The van der Waals surface area contributed by atoms with E-state index in [4.69, 9.17) is 4.74 Å². The number of carbonyl (C=O) groups is 1. The second-order valence-corrected chi connectivity index (χ2v) is 7.89. The van der Waals surface area contributed by atoms with E-state index in [1.54, 1.807) is 25.1 Å². The van der Waals surface area contributed by atoms with Gasteiger partial charge in [0.2, 0.25) is 0 Å². The van der Waals surface area contributed by atoms with Gasteiger partial charge >= 0.3 is 0 Å². The van der Waals surface area contributed by atoms with Crippen molar-refractivity contribution in [2.75, 3.05) is 26.0 Å². The van der Waals surface area contributed by atoms with Crippen molar-refractivity contribution in [3.05, 3.63) is 53.7 Å². The highest BCUT2D eigenvalue weighted by Gasteiger charge is 2.24. The lowest BCUT2D eigenvalue weighted by atomic mass is 9.90. The molecule has 1 aliphatic heterocycles. The first kappa shape index (κ1) is 18.8. The highest BCUT2D eigenvalue weighted by atomic mass is 32.2. The zero-order chi connectivity index (χ0) is 18.4. The van der Waals surface area contributed by atoms with Crippen molar-refractivity contribution in [1.82, 2.24) is 9.88 Å². The topological polar surface area (TPSA) is 42.4 Å². The molecule has 1 fully saturated rings. The van der Waals surface area contributed by atoms with E-state index in [9.17, 15) is 4.79 Å². The first-order valence-corrected chi connectivity index (χ1v) is 10.2. The quantitative estimate of drug-likeness (QED) is 0.711. The number of hydrogen-bond acceptors (Lipinski definition) is 4. The maximum atomic E-state index is 12.8. The monoisotopic (exact) mass is 370 g/mol. The molecule has 0 unspecified atom stereocenters. The summed E-state index contributed by atoms with van der Waals surface area (Å²) in [5.41, 5.74) is 2.09. The van der Waals surface area contributed by atoms with E-state index in [1.165, 1.54) is 5.56 Å². The lowest BCUT2D eigenvalue weighted by Crippen LogP contribution is -2.38. The molecule has 1 aliphatic rings. The molecular weight excluding hydrogens is 344 g/mol. The SMILES string of the molecule is CCSc1cc(C(=O)N2CCC(Cc3ccc(OC)cc3)CC2)ccn1. The van der Waals surface area contributed by atoms with Crippen LogP contribution in [-0.4, -0.2) is 41.7 Å². The van der Waals surface area contributed by atoms with Gasteiger partial charge in [0.15, 0.2) is 0 Å². The number of nitrogens with zero attached hydrogens (tertiary/aromatic N) is 2. The average Bonchev–Trinajstić information content (AvgIpc) is 2.69. The van der Waals surface area contributed by atoms with Gasteiger partial charge in [0.25, 0.3) is 5.91 Å². The number of likely N-dealkylation sites (tertiary alicyclic amines) is 1. The predicted molar refractivity (Wildman–Crippen MR) is 106 cm³/mol. The Labute approximate surface area is 160 Å². The molecule has 0 saturated carbocycles. The lowest BCUT2D eigenvalue weighted by Gasteiger charge is -2.32. The van der Waals surface area contributed by atoms with Crippen LogP contribution in [0.2, 0.25) is 0 Å². The van der Waals surface area contributed by atoms with Crippen LogP contribution in [0.25, 0.3) is 0 Å². The molecule has 0 bridgehead atoms. The molecule has 5 heteroatoms. The molecular formula is C21H26N2O2S. The fourth-order valence-electron chi connectivity index (χ4n) is 3.39. The summed E-state index contributed by atoms with van der Waals surface area (Å²) >= 11 is 1.67. The van der Waals surface area contributed by atoms with Gasteiger partial charge < -0.3 is 9.64 Å². The normalized spacial score (nSPS) is 15.1. The predicted octanol–water partition coefficient (Wildman–Crippen LogP) is 4.30. The van der Waals surface area contributed by atoms with Crippen LogP contribution in [0.3, 0.4) is 0 Å². The van der Waals surface area contributed by atoms with Crippen LogP contribution in [0.1, 0.15) is 35.7 Å². The number of pyridine rings is 1. The molecule has 4 nitrogen and oxygen atoms in total. The lowest BCUT2D eigenvalue weighted by molar-refractivity contribution is 0.0690. The van der Waals surface area contributed by atoms with Gasteiger partial charge in [0, 0.05) is 24.8 Å². The van der Waals surface area contributed by atoms with E-state index in [1.807, 2.05) is 29.2 Å². The number of ether oxygens (including phenoxy) is 1. The molecule has 0 radical (unpaired) electrons. The van der Waals surface area contributed by atoms with Crippen LogP contribution in [0, 0.1) is 5.92 Å². The van der Waals surface area contributed by atoms with E-state index in [0.717, 1.165) is 54.4 Å². The van der Waals surface area contributed by atoms with Gasteiger partial charge in [-0.1, -0.05) is 19.1 Å². The van der Waals surface area contributed by atoms with Crippen molar-refractivity contribution in [1.29, 1.82) is 0 Å². The van der Waals surface area contributed by atoms with Crippen LogP contribution in [0.4, 0.5) is 0 Å². The number of methoxy groups -OCH3 is 1. The van der Waals surface area contributed by atoms with E-state index < -0.39 is 0 Å². The Hall–Kier alpha value is -2.01. The van der Waals surface area contributed by atoms with Crippen molar-refractivity contribution in [2.24, 2.45) is 5.92 Å². The van der Waals surface area contributed by atoms with Crippen LogP contribution < -0.4 is 4.74 Å². The van der Waals surface area contributed by atoms with Gasteiger partial charge in [-0.25, -0.2) is 4.98 Å². The Balaban J connectivity index is 1.54. The Morgan fingerprint density at radius 1 is 1.23 bits per heavy atom. The highest BCUT2D eigenvalue weighted by Crippen LogP contribution is 2.24. The molecule has 1 amide bonds. The minimum Gasteiger partial charge on any atom is -0.497 e. The Bertz CT molecular complexity index is 725. The number of aromatic nitrogens is 1. The summed E-state index contributed by atoms with van der Waals surface area (Å²) < 4.78 is 5.22. The van der Waals surface area contributed by atoms with Crippen molar-refractivity contribution in [3.63, 3.8) is 0 Å². The Morgan fingerprint density at radius 3 is 2.62 bits per heavy atom. The first-order chi connectivity index (χ1) is 12.7. The summed E-state index contributed by atoms with van der Waals surface area (Å²) in [5, 5.41) is 0.924. The van der Waals surface area contributed by atoms with Crippen LogP contribution in [0.15, 0.2) is 47.6 Å². The van der Waals surface area contributed by atoms with Crippen molar-refractivity contribution in [2.45, 2.75) is 31.2 Å². The summed E-state index contributed by atoms with van der Waals surface area (Å²) in [6.07, 6.45) is 4.92. The minimum absolute atomic E-state index is 0.133. The molecule has 138 valence electrons.